The van der Waals surface area contributed by atoms with Crippen molar-refractivity contribution in [2.45, 2.75) is 0 Å². The lowest BCUT2D eigenvalue weighted by Gasteiger charge is -1.92. The average molecular weight is 204 g/mol. The summed E-state index contributed by atoms with van der Waals surface area (Å²) in [6.45, 7) is 0. The Balaban J connectivity index is 2.15. The third kappa shape index (κ3) is 2.17. The maximum atomic E-state index is 9.06. The van der Waals surface area contributed by atoms with Crippen molar-refractivity contribution in [1.29, 1.82) is 0 Å². The molecule has 1 aromatic heterocycles. The molecule has 0 amide bonds. The van der Waals surface area contributed by atoms with Gasteiger partial charge in [-0.25, -0.2) is 0 Å². The van der Waals surface area contributed by atoms with Gasteiger partial charge in [0.15, 0.2) is 0 Å². The van der Waals surface area contributed by atoms with E-state index in [1.54, 1.807) is 12.1 Å². The van der Waals surface area contributed by atoms with Gasteiger partial charge >= 0.3 is 0 Å². The molecule has 1 aromatic carbocycles. The van der Waals surface area contributed by atoms with Crippen LogP contribution in [-0.2, 0) is 0 Å². The van der Waals surface area contributed by atoms with Gasteiger partial charge in [-0.2, -0.15) is 0 Å². The van der Waals surface area contributed by atoms with Gasteiger partial charge in [-0.15, -0.1) is 5.10 Å². The van der Waals surface area contributed by atoms with Crippen LogP contribution in [0.1, 0.15) is 11.3 Å². The molecule has 0 aliphatic heterocycles. The second kappa shape index (κ2) is 4.02. The minimum absolute atomic E-state index is 0.275. The van der Waals surface area contributed by atoms with Crippen LogP contribution in [0.2, 0.25) is 0 Å². The van der Waals surface area contributed by atoms with Crippen LogP contribution in [0.25, 0.3) is 12.2 Å². The molecule has 0 aliphatic rings. The summed E-state index contributed by atoms with van der Waals surface area (Å²) >= 11 is 1.32. The quantitative estimate of drug-likeness (QED) is 0.817. The standard InChI is InChI=1S/C10H8N2OS/c13-10-5-2-8(3-6-10)1-4-9-7-14-12-11-9/h1-7,13H. The van der Waals surface area contributed by atoms with E-state index in [2.05, 4.69) is 9.59 Å². The summed E-state index contributed by atoms with van der Waals surface area (Å²) in [4.78, 5) is 0. The zero-order valence-electron chi connectivity index (χ0n) is 7.29. The van der Waals surface area contributed by atoms with Crippen LogP contribution in [0.15, 0.2) is 29.6 Å². The number of rotatable bonds is 2. The maximum absolute atomic E-state index is 9.06. The molecule has 1 heterocycles. The first-order valence-electron chi connectivity index (χ1n) is 4.09. The molecule has 0 unspecified atom stereocenters. The summed E-state index contributed by atoms with van der Waals surface area (Å²) in [7, 11) is 0. The third-order valence-electron chi connectivity index (χ3n) is 1.72. The van der Waals surface area contributed by atoms with E-state index in [1.165, 1.54) is 11.5 Å². The molecule has 3 nitrogen and oxygen atoms in total. The first kappa shape index (κ1) is 8.90. The Kier molecular flexibility index (Phi) is 2.55. The fourth-order valence-corrected chi connectivity index (χ4v) is 1.43. The minimum atomic E-state index is 0.275. The number of hydrogen-bond acceptors (Lipinski definition) is 4. The zero-order valence-corrected chi connectivity index (χ0v) is 8.11. The Bertz CT molecular complexity index is 420. The second-order valence-corrected chi connectivity index (χ2v) is 3.36. The fourth-order valence-electron chi connectivity index (χ4n) is 1.01. The monoisotopic (exact) mass is 204 g/mol. The Hall–Kier alpha value is -1.68. The lowest BCUT2D eigenvalue weighted by molar-refractivity contribution is 0.475. The Morgan fingerprint density at radius 2 is 1.93 bits per heavy atom. The highest BCUT2D eigenvalue weighted by Gasteiger charge is 1.90. The van der Waals surface area contributed by atoms with Gasteiger partial charge in [0.05, 0.1) is 5.69 Å². The largest absolute Gasteiger partial charge is 0.508 e. The maximum Gasteiger partial charge on any atom is 0.115 e. The van der Waals surface area contributed by atoms with E-state index in [4.69, 9.17) is 5.11 Å². The molecule has 2 aromatic rings. The van der Waals surface area contributed by atoms with E-state index in [9.17, 15) is 0 Å². The first-order chi connectivity index (χ1) is 6.84. The van der Waals surface area contributed by atoms with E-state index in [1.807, 2.05) is 29.7 Å². The van der Waals surface area contributed by atoms with Gasteiger partial charge in [0.25, 0.3) is 0 Å². The van der Waals surface area contributed by atoms with Crippen LogP contribution in [0.4, 0.5) is 0 Å². The molecule has 0 saturated heterocycles. The predicted molar refractivity (Wildman–Crippen MR) is 56.9 cm³/mol. The Morgan fingerprint density at radius 3 is 2.57 bits per heavy atom. The molecular formula is C10H8N2OS. The lowest BCUT2D eigenvalue weighted by Crippen LogP contribution is -1.72. The van der Waals surface area contributed by atoms with E-state index in [0.29, 0.717) is 0 Å². The molecule has 0 bridgehead atoms. The van der Waals surface area contributed by atoms with Gasteiger partial charge in [-0.3, -0.25) is 0 Å². The van der Waals surface area contributed by atoms with Crippen LogP contribution in [0.3, 0.4) is 0 Å². The normalized spacial score (nSPS) is 10.9. The number of phenolic OH excluding ortho intramolecular Hbond substituents is 1. The Labute approximate surface area is 85.5 Å². The average Bonchev–Trinajstić information content (AvgIpc) is 2.70. The minimum Gasteiger partial charge on any atom is -0.508 e. The van der Waals surface area contributed by atoms with Crippen molar-refractivity contribution < 1.29 is 5.11 Å². The number of aromatic nitrogens is 2. The van der Waals surface area contributed by atoms with Crippen molar-refractivity contribution >= 4 is 23.7 Å². The lowest BCUT2D eigenvalue weighted by atomic mass is 10.2. The third-order valence-corrected chi connectivity index (χ3v) is 2.24. The second-order valence-electron chi connectivity index (χ2n) is 2.75. The van der Waals surface area contributed by atoms with E-state index in [-0.39, 0.29) is 5.75 Å². The molecule has 2 rings (SSSR count). The molecule has 0 fully saturated rings. The first-order valence-corrected chi connectivity index (χ1v) is 4.92. The molecular weight excluding hydrogens is 196 g/mol. The summed E-state index contributed by atoms with van der Waals surface area (Å²) in [5.41, 5.74) is 1.87. The van der Waals surface area contributed by atoms with Crippen molar-refractivity contribution in [3.8, 4) is 5.75 Å². The summed E-state index contributed by atoms with van der Waals surface area (Å²) in [6.07, 6.45) is 3.81. The summed E-state index contributed by atoms with van der Waals surface area (Å²) in [5, 5.41) is 14.8. The van der Waals surface area contributed by atoms with Gasteiger partial charge in [0.1, 0.15) is 5.75 Å². The zero-order chi connectivity index (χ0) is 9.80. The number of benzene rings is 1. The number of aromatic hydroxyl groups is 1. The van der Waals surface area contributed by atoms with Crippen LogP contribution in [0.5, 0.6) is 5.75 Å². The Morgan fingerprint density at radius 1 is 1.14 bits per heavy atom. The van der Waals surface area contributed by atoms with Crippen molar-refractivity contribution in [3.05, 3.63) is 40.9 Å². The van der Waals surface area contributed by atoms with Crippen molar-refractivity contribution in [2.75, 3.05) is 0 Å². The summed E-state index contributed by atoms with van der Waals surface area (Å²) < 4.78 is 3.75. The van der Waals surface area contributed by atoms with Crippen molar-refractivity contribution in [1.82, 2.24) is 9.59 Å². The highest BCUT2D eigenvalue weighted by Crippen LogP contribution is 2.12. The van der Waals surface area contributed by atoms with Gasteiger partial charge < -0.3 is 5.11 Å². The molecule has 0 saturated carbocycles. The SMILES string of the molecule is Oc1ccc(C=Cc2csnn2)cc1. The molecule has 14 heavy (non-hydrogen) atoms. The molecule has 0 atom stereocenters. The number of hydrogen-bond donors (Lipinski definition) is 1. The van der Waals surface area contributed by atoms with Crippen LogP contribution in [-0.4, -0.2) is 14.7 Å². The summed E-state index contributed by atoms with van der Waals surface area (Å²) in [6, 6.07) is 6.98. The topological polar surface area (TPSA) is 46.0 Å². The molecule has 0 radical (unpaired) electrons. The molecule has 70 valence electrons. The molecule has 0 spiro atoms. The van der Waals surface area contributed by atoms with Crippen molar-refractivity contribution in [2.24, 2.45) is 0 Å². The van der Waals surface area contributed by atoms with Crippen LogP contribution < -0.4 is 0 Å². The van der Waals surface area contributed by atoms with Crippen molar-refractivity contribution in [3.63, 3.8) is 0 Å². The van der Waals surface area contributed by atoms with Crippen LogP contribution in [0, 0.1) is 0 Å². The van der Waals surface area contributed by atoms with Gasteiger partial charge in [0.2, 0.25) is 0 Å². The predicted octanol–water partition coefficient (Wildman–Crippen LogP) is 2.41. The van der Waals surface area contributed by atoms with Gasteiger partial charge in [0, 0.05) is 5.38 Å². The number of phenols is 1. The summed E-state index contributed by atoms with van der Waals surface area (Å²) in [5.74, 6) is 0.275. The van der Waals surface area contributed by atoms with Crippen LogP contribution >= 0.6 is 11.5 Å². The van der Waals surface area contributed by atoms with E-state index in [0.717, 1.165) is 11.3 Å². The fraction of sp³-hybridized carbons (Fsp3) is 0. The molecule has 4 heteroatoms. The highest BCUT2D eigenvalue weighted by atomic mass is 32.1. The highest BCUT2D eigenvalue weighted by molar-refractivity contribution is 7.03. The number of nitrogens with zero attached hydrogens (tertiary/aromatic N) is 2. The van der Waals surface area contributed by atoms with Gasteiger partial charge in [-0.1, -0.05) is 22.7 Å². The smallest absolute Gasteiger partial charge is 0.115 e. The molecule has 0 aliphatic carbocycles. The van der Waals surface area contributed by atoms with Gasteiger partial charge in [-0.05, 0) is 35.3 Å². The van der Waals surface area contributed by atoms with E-state index < -0.39 is 0 Å². The molecule has 1 N–H and O–H groups in total. The van der Waals surface area contributed by atoms with E-state index >= 15 is 0 Å².